The second-order valence-electron chi connectivity index (χ2n) is 4.11. The monoisotopic (exact) mass is 309 g/mol. The summed E-state index contributed by atoms with van der Waals surface area (Å²) in [5.74, 6) is -0.851. The molecule has 0 saturated heterocycles. The smallest absolute Gasteiger partial charge is 0.316 e. The van der Waals surface area contributed by atoms with Crippen LogP contribution in [0, 0.1) is 5.82 Å². The molecule has 2 rings (SSSR count). The molecule has 0 radical (unpaired) electrons. The van der Waals surface area contributed by atoms with Crippen LogP contribution in [0.4, 0.5) is 20.6 Å². The highest BCUT2D eigenvalue weighted by atomic mass is 32.2. The fourth-order valence-corrected chi connectivity index (χ4v) is 2.81. The first kappa shape index (κ1) is 14.8. The Kier molecular flexibility index (Phi) is 4.08. The molecule has 0 aliphatic heterocycles. The number of hydrogen-bond donors (Lipinski definition) is 3. The van der Waals surface area contributed by atoms with Gasteiger partial charge in [-0.3, -0.25) is 4.72 Å². The van der Waals surface area contributed by atoms with Crippen molar-refractivity contribution < 1.29 is 17.6 Å². The molecule has 110 valence electrons. The average molecular weight is 309 g/mol. The van der Waals surface area contributed by atoms with Crippen LogP contribution in [0.15, 0.2) is 53.4 Å². The van der Waals surface area contributed by atoms with Crippen LogP contribution in [-0.2, 0) is 10.0 Å². The van der Waals surface area contributed by atoms with Crippen LogP contribution in [0.25, 0.3) is 0 Å². The van der Waals surface area contributed by atoms with Gasteiger partial charge in [-0.1, -0.05) is 18.2 Å². The molecule has 4 N–H and O–H groups in total. The van der Waals surface area contributed by atoms with Crippen LogP contribution in [0.5, 0.6) is 0 Å². The van der Waals surface area contributed by atoms with E-state index in [-0.39, 0.29) is 5.69 Å². The summed E-state index contributed by atoms with van der Waals surface area (Å²) in [6.45, 7) is 0. The number of anilines is 2. The summed E-state index contributed by atoms with van der Waals surface area (Å²) in [5.41, 5.74) is 5.46. The Balaban J connectivity index is 2.29. The minimum Gasteiger partial charge on any atom is -0.351 e. The van der Waals surface area contributed by atoms with Crippen molar-refractivity contribution in [3.8, 4) is 0 Å². The van der Waals surface area contributed by atoms with Gasteiger partial charge in [0.2, 0.25) is 0 Å². The van der Waals surface area contributed by atoms with Gasteiger partial charge in [0.05, 0.1) is 5.69 Å². The van der Waals surface area contributed by atoms with Crippen LogP contribution in [-0.4, -0.2) is 14.4 Å². The fourth-order valence-electron chi connectivity index (χ4n) is 1.68. The van der Waals surface area contributed by atoms with E-state index in [1.807, 2.05) is 0 Å². The van der Waals surface area contributed by atoms with E-state index in [0.29, 0.717) is 5.69 Å². The summed E-state index contributed by atoms with van der Waals surface area (Å²) in [6, 6.07) is 10.1. The number of halogens is 1. The molecule has 2 amide bonds. The summed E-state index contributed by atoms with van der Waals surface area (Å²) in [5, 5.41) is 2.31. The van der Waals surface area contributed by atoms with Crippen LogP contribution in [0.1, 0.15) is 0 Å². The molecule has 0 atom stereocenters. The van der Waals surface area contributed by atoms with Crippen LogP contribution < -0.4 is 15.8 Å². The zero-order chi connectivity index (χ0) is 15.5. The van der Waals surface area contributed by atoms with Gasteiger partial charge in [0.15, 0.2) is 0 Å². The number of urea groups is 1. The van der Waals surface area contributed by atoms with E-state index in [1.54, 1.807) is 0 Å². The Bertz CT molecular complexity index is 778. The second kappa shape index (κ2) is 5.80. The lowest BCUT2D eigenvalue weighted by Crippen LogP contribution is -2.19. The Hall–Kier alpha value is -2.61. The second-order valence-corrected chi connectivity index (χ2v) is 5.76. The topological polar surface area (TPSA) is 101 Å². The highest BCUT2D eigenvalue weighted by Gasteiger charge is 2.18. The zero-order valence-electron chi connectivity index (χ0n) is 10.7. The molecule has 21 heavy (non-hydrogen) atoms. The van der Waals surface area contributed by atoms with E-state index >= 15 is 0 Å². The maximum absolute atomic E-state index is 13.5. The van der Waals surface area contributed by atoms with Gasteiger partial charge >= 0.3 is 6.03 Å². The maximum atomic E-state index is 13.5. The normalized spacial score (nSPS) is 10.9. The molecule has 0 spiro atoms. The van der Waals surface area contributed by atoms with Gasteiger partial charge in [0.1, 0.15) is 10.7 Å². The van der Waals surface area contributed by atoms with Crippen molar-refractivity contribution in [3.05, 3.63) is 54.3 Å². The molecule has 2 aromatic carbocycles. The third kappa shape index (κ3) is 3.69. The first-order valence-electron chi connectivity index (χ1n) is 5.82. The van der Waals surface area contributed by atoms with Crippen LogP contribution in [0.3, 0.4) is 0 Å². The molecular formula is C13H12FN3O3S. The van der Waals surface area contributed by atoms with E-state index < -0.39 is 26.8 Å². The Morgan fingerprint density at radius 1 is 1.05 bits per heavy atom. The Morgan fingerprint density at radius 3 is 2.38 bits per heavy atom. The van der Waals surface area contributed by atoms with Crippen molar-refractivity contribution in [2.24, 2.45) is 5.73 Å². The van der Waals surface area contributed by atoms with E-state index in [4.69, 9.17) is 5.73 Å². The highest BCUT2D eigenvalue weighted by Crippen LogP contribution is 2.20. The van der Waals surface area contributed by atoms with E-state index in [0.717, 1.165) is 12.1 Å². The number of carbonyl (C=O) groups is 1. The number of benzene rings is 2. The van der Waals surface area contributed by atoms with E-state index in [9.17, 15) is 17.6 Å². The van der Waals surface area contributed by atoms with Gasteiger partial charge in [-0.2, -0.15) is 0 Å². The van der Waals surface area contributed by atoms with Crippen LogP contribution in [0.2, 0.25) is 0 Å². The number of nitrogens with two attached hydrogens (primary N) is 1. The molecular weight excluding hydrogens is 297 g/mol. The standard InChI is InChI=1S/C13H12FN3O3S/c14-11-6-1-2-7-12(11)21(19,20)17-10-5-3-4-9(8-10)16-13(15)18/h1-8,17H,(H3,15,16,18). The SMILES string of the molecule is NC(=O)Nc1cccc(NS(=O)(=O)c2ccccc2F)c1. The van der Waals surface area contributed by atoms with Gasteiger partial charge in [0.25, 0.3) is 10.0 Å². The van der Waals surface area contributed by atoms with Crippen LogP contribution >= 0.6 is 0 Å². The van der Waals surface area contributed by atoms with Gasteiger partial charge in [-0.05, 0) is 30.3 Å². The number of primary amides is 1. The first-order chi connectivity index (χ1) is 9.88. The minimum absolute atomic E-state index is 0.171. The molecule has 8 heteroatoms. The van der Waals surface area contributed by atoms with Gasteiger partial charge in [-0.25, -0.2) is 17.6 Å². The molecule has 0 saturated carbocycles. The molecule has 2 aromatic rings. The summed E-state index contributed by atoms with van der Waals surface area (Å²) in [7, 11) is -4.06. The minimum atomic E-state index is -4.06. The summed E-state index contributed by atoms with van der Waals surface area (Å²) in [4.78, 5) is 10.3. The first-order valence-corrected chi connectivity index (χ1v) is 7.31. The van der Waals surface area contributed by atoms with Crippen molar-refractivity contribution in [3.63, 3.8) is 0 Å². The fraction of sp³-hybridized carbons (Fsp3) is 0. The molecule has 0 bridgehead atoms. The van der Waals surface area contributed by atoms with Crippen molar-refractivity contribution in [1.29, 1.82) is 0 Å². The third-order valence-electron chi connectivity index (χ3n) is 2.51. The average Bonchev–Trinajstić information content (AvgIpc) is 2.38. The summed E-state index contributed by atoms with van der Waals surface area (Å²) in [6.07, 6.45) is 0. The number of amides is 2. The molecule has 0 aliphatic carbocycles. The Labute approximate surface area is 120 Å². The molecule has 6 nitrogen and oxygen atoms in total. The maximum Gasteiger partial charge on any atom is 0.316 e. The van der Waals surface area contributed by atoms with Gasteiger partial charge in [0, 0.05) is 5.69 Å². The summed E-state index contributed by atoms with van der Waals surface area (Å²) < 4.78 is 40.0. The van der Waals surface area contributed by atoms with Crippen molar-refractivity contribution in [2.45, 2.75) is 4.90 Å². The molecule has 0 heterocycles. The number of nitrogens with one attached hydrogen (secondary N) is 2. The van der Waals surface area contributed by atoms with Crippen molar-refractivity contribution in [2.75, 3.05) is 10.0 Å². The number of sulfonamides is 1. The molecule has 0 aliphatic rings. The van der Waals surface area contributed by atoms with Gasteiger partial charge < -0.3 is 11.1 Å². The lowest BCUT2D eigenvalue weighted by molar-refractivity contribution is 0.259. The molecule has 0 unspecified atom stereocenters. The Morgan fingerprint density at radius 2 is 1.71 bits per heavy atom. The lowest BCUT2D eigenvalue weighted by Gasteiger charge is -2.10. The van der Waals surface area contributed by atoms with Crippen molar-refractivity contribution in [1.82, 2.24) is 0 Å². The third-order valence-corrected chi connectivity index (χ3v) is 3.92. The molecule has 0 fully saturated rings. The number of carbonyl (C=O) groups excluding carboxylic acids is 1. The predicted molar refractivity (Wildman–Crippen MR) is 76.9 cm³/mol. The van der Waals surface area contributed by atoms with E-state index in [1.165, 1.54) is 36.4 Å². The van der Waals surface area contributed by atoms with Crippen molar-refractivity contribution >= 4 is 27.4 Å². The quantitative estimate of drug-likeness (QED) is 0.806. The predicted octanol–water partition coefficient (Wildman–Crippen LogP) is 2.12. The number of hydrogen-bond acceptors (Lipinski definition) is 3. The van der Waals surface area contributed by atoms with Gasteiger partial charge in [-0.15, -0.1) is 0 Å². The molecule has 0 aromatic heterocycles. The highest BCUT2D eigenvalue weighted by molar-refractivity contribution is 7.92. The largest absolute Gasteiger partial charge is 0.351 e. The lowest BCUT2D eigenvalue weighted by atomic mass is 10.3. The summed E-state index contributed by atoms with van der Waals surface area (Å²) >= 11 is 0. The van der Waals surface area contributed by atoms with E-state index in [2.05, 4.69) is 10.0 Å². The number of rotatable bonds is 4. The zero-order valence-corrected chi connectivity index (χ0v) is 11.5.